The van der Waals surface area contributed by atoms with Crippen molar-refractivity contribution in [1.29, 1.82) is 0 Å². The number of benzene rings is 2. The van der Waals surface area contributed by atoms with Gasteiger partial charge in [0.05, 0.1) is 27.5 Å². The third-order valence-corrected chi connectivity index (χ3v) is 4.08. The fourth-order valence-electron chi connectivity index (χ4n) is 2.18. The minimum atomic E-state index is -0.782. The Morgan fingerprint density at radius 2 is 1.64 bits per heavy atom. The van der Waals surface area contributed by atoms with Gasteiger partial charge in [0.25, 0.3) is 5.91 Å². The summed E-state index contributed by atoms with van der Waals surface area (Å²) in [4.78, 5) is 28.2. The van der Waals surface area contributed by atoms with Crippen molar-refractivity contribution in [3.05, 3.63) is 82.2 Å². The van der Waals surface area contributed by atoms with E-state index in [1.165, 1.54) is 54.7 Å². The molecule has 3 amide bonds. The van der Waals surface area contributed by atoms with Crippen LogP contribution in [0.3, 0.4) is 0 Å². The Morgan fingerprint density at radius 3 is 2.25 bits per heavy atom. The predicted molar refractivity (Wildman–Crippen MR) is 104 cm³/mol. The van der Waals surface area contributed by atoms with E-state index in [4.69, 9.17) is 27.9 Å². The van der Waals surface area contributed by atoms with Gasteiger partial charge < -0.3 is 10.1 Å². The number of ether oxygens (including phenoxy) is 1. The van der Waals surface area contributed by atoms with Gasteiger partial charge in [-0.2, -0.15) is 0 Å². The molecule has 0 radical (unpaired) electrons. The van der Waals surface area contributed by atoms with Gasteiger partial charge in [-0.1, -0.05) is 29.3 Å². The van der Waals surface area contributed by atoms with Crippen molar-refractivity contribution in [2.24, 2.45) is 0 Å². The average Bonchev–Trinajstić information content (AvgIpc) is 2.65. The van der Waals surface area contributed by atoms with Crippen LogP contribution < -0.4 is 15.4 Å². The molecule has 28 heavy (non-hydrogen) atoms. The summed E-state index contributed by atoms with van der Waals surface area (Å²) in [5.74, 6) is -0.457. The number of carbonyl (C=O) groups excluding carboxylic acids is 2. The number of hydrogen-bond acceptors (Lipinski definition) is 4. The molecule has 0 bridgehead atoms. The number of rotatable bonds is 4. The maximum absolute atomic E-state index is 12.9. The molecule has 0 fully saturated rings. The third-order valence-electron chi connectivity index (χ3n) is 3.45. The minimum Gasteiger partial charge on any atom is -0.439 e. The molecule has 2 N–H and O–H groups in total. The van der Waals surface area contributed by atoms with Crippen molar-refractivity contribution in [3.8, 4) is 11.6 Å². The predicted octanol–water partition coefficient (Wildman–Crippen LogP) is 5.28. The zero-order chi connectivity index (χ0) is 20.1. The van der Waals surface area contributed by atoms with E-state index in [0.29, 0.717) is 11.4 Å². The zero-order valence-electron chi connectivity index (χ0n) is 14.1. The second-order valence-electron chi connectivity index (χ2n) is 5.45. The molecule has 6 nitrogen and oxygen atoms in total. The highest BCUT2D eigenvalue weighted by Crippen LogP contribution is 2.24. The summed E-state index contributed by atoms with van der Waals surface area (Å²) in [7, 11) is 0. The molecule has 9 heteroatoms. The van der Waals surface area contributed by atoms with E-state index in [1.54, 1.807) is 6.07 Å². The van der Waals surface area contributed by atoms with Gasteiger partial charge in [-0.15, -0.1) is 0 Å². The first-order valence-electron chi connectivity index (χ1n) is 7.88. The molecule has 1 heterocycles. The fraction of sp³-hybridized carbons (Fsp3) is 0. The van der Waals surface area contributed by atoms with Gasteiger partial charge in [0.15, 0.2) is 0 Å². The number of hydrogen-bond donors (Lipinski definition) is 2. The van der Waals surface area contributed by atoms with Crippen LogP contribution in [0, 0.1) is 5.82 Å². The first-order chi connectivity index (χ1) is 13.4. The van der Waals surface area contributed by atoms with Gasteiger partial charge in [0.1, 0.15) is 11.6 Å². The van der Waals surface area contributed by atoms with Gasteiger partial charge >= 0.3 is 6.03 Å². The molecule has 0 spiro atoms. The largest absolute Gasteiger partial charge is 0.439 e. The molecule has 0 atom stereocenters. The van der Waals surface area contributed by atoms with Crippen LogP contribution in [0.4, 0.5) is 14.9 Å². The summed E-state index contributed by atoms with van der Waals surface area (Å²) in [6, 6.07) is 12.3. The number of nitrogens with one attached hydrogen (secondary N) is 2. The Morgan fingerprint density at radius 1 is 0.964 bits per heavy atom. The molecule has 0 saturated carbocycles. The molecule has 0 unspecified atom stereocenters. The van der Waals surface area contributed by atoms with E-state index in [2.05, 4.69) is 15.6 Å². The lowest BCUT2D eigenvalue weighted by atomic mass is 10.2. The maximum atomic E-state index is 12.9. The third kappa shape index (κ3) is 4.97. The lowest BCUT2D eigenvalue weighted by Gasteiger charge is -2.09. The molecule has 0 aliphatic rings. The number of amides is 3. The van der Waals surface area contributed by atoms with Gasteiger partial charge in [-0.25, -0.2) is 14.2 Å². The van der Waals surface area contributed by atoms with Crippen LogP contribution in [-0.2, 0) is 0 Å². The van der Waals surface area contributed by atoms with Crippen LogP contribution in [0.5, 0.6) is 11.6 Å². The fourth-order valence-corrected chi connectivity index (χ4v) is 2.75. The normalized spacial score (nSPS) is 10.2. The van der Waals surface area contributed by atoms with Crippen LogP contribution in [-0.4, -0.2) is 16.9 Å². The molecule has 0 saturated heterocycles. The number of carbonyl (C=O) groups is 2. The van der Waals surface area contributed by atoms with E-state index in [9.17, 15) is 14.0 Å². The second kappa shape index (κ2) is 8.69. The summed E-state index contributed by atoms with van der Waals surface area (Å²) >= 11 is 11.9. The van der Waals surface area contributed by atoms with E-state index in [-0.39, 0.29) is 27.3 Å². The van der Waals surface area contributed by atoms with Crippen molar-refractivity contribution < 1.29 is 18.7 Å². The van der Waals surface area contributed by atoms with E-state index >= 15 is 0 Å². The highest BCUT2D eigenvalue weighted by Gasteiger charge is 2.17. The van der Waals surface area contributed by atoms with Crippen LogP contribution >= 0.6 is 23.2 Å². The van der Waals surface area contributed by atoms with Gasteiger partial charge in [-0.05, 0) is 42.5 Å². The summed E-state index contributed by atoms with van der Waals surface area (Å²) in [6.45, 7) is 0. The average molecular weight is 420 g/mol. The van der Waals surface area contributed by atoms with Crippen LogP contribution in [0.15, 0.2) is 60.8 Å². The Kier molecular flexibility index (Phi) is 6.08. The maximum Gasteiger partial charge on any atom is 0.326 e. The van der Waals surface area contributed by atoms with Crippen molar-refractivity contribution in [2.45, 2.75) is 0 Å². The SMILES string of the molecule is O=C(NC(=O)c1c(Cl)cccc1Cl)Nc1ccc(Oc2ccc(F)cc2)nc1. The number of aromatic nitrogens is 1. The van der Waals surface area contributed by atoms with E-state index in [1.807, 2.05) is 0 Å². The molecule has 3 aromatic rings. The molecule has 2 aromatic carbocycles. The molecule has 0 aliphatic carbocycles. The van der Waals surface area contributed by atoms with Crippen LogP contribution in [0.25, 0.3) is 0 Å². The number of nitrogens with zero attached hydrogens (tertiary/aromatic N) is 1. The minimum absolute atomic E-state index is 0.00199. The standard InChI is InChI=1S/C19H12Cl2FN3O3/c20-14-2-1-3-15(21)17(14)18(26)25-19(27)24-12-6-9-16(23-10-12)28-13-7-4-11(22)5-8-13/h1-10H,(H2,24,25,26,27). The lowest BCUT2D eigenvalue weighted by Crippen LogP contribution is -2.34. The quantitative estimate of drug-likeness (QED) is 0.602. The lowest BCUT2D eigenvalue weighted by molar-refractivity contribution is 0.0967. The Hall–Kier alpha value is -3.16. The Bertz CT molecular complexity index is 992. The first kappa shape index (κ1) is 19.6. The summed E-state index contributed by atoms with van der Waals surface area (Å²) < 4.78 is 18.3. The summed E-state index contributed by atoms with van der Waals surface area (Å²) in [5.41, 5.74) is 0.323. The number of urea groups is 1. The molecule has 142 valence electrons. The highest BCUT2D eigenvalue weighted by molar-refractivity contribution is 6.40. The Labute approximate surface area is 169 Å². The molecule has 0 aliphatic heterocycles. The number of halogens is 3. The highest BCUT2D eigenvalue weighted by atomic mass is 35.5. The van der Waals surface area contributed by atoms with Crippen LogP contribution in [0.2, 0.25) is 10.0 Å². The van der Waals surface area contributed by atoms with Crippen molar-refractivity contribution in [2.75, 3.05) is 5.32 Å². The second-order valence-corrected chi connectivity index (χ2v) is 6.26. The van der Waals surface area contributed by atoms with Crippen molar-refractivity contribution in [1.82, 2.24) is 10.3 Å². The van der Waals surface area contributed by atoms with E-state index in [0.717, 1.165) is 0 Å². The molecular weight excluding hydrogens is 408 g/mol. The Balaban J connectivity index is 1.60. The van der Waals surface area contributed by atoms with Gasteiger partial charge in [0.2, 0.25) is 5.88 Å². The summed E-state index contributed by atoms with van der Waals surface area (Å²) in [5, 5.41) is 4.84. The van der Waals surface area contributed by atoms with Gasteiger partial charge in [-0.3, -0.25) is 10.1 Å². The molecule has 3 rings (SSSR count). The number of pyridine rings is 1. The topological polar surface area (TPSA) is 80.3 Å². The summed E-state index contributed by atoms with van der Waals surface area (Å²) in [6.07, 6.45) is 1.34. The monoisotopic (exact) mass is 419 g/mol. The molecular formula is C19H12Cl2FN3O3. The smallest absolute Gasteiger partial charge is 0.326 e. The van der Waals surface area contributed by atoms with E-state index < -0.39 is 11.9 Å². The number of anilines is 1. The zero-order valence-corrected chi connectivity index (χ0v) is 15.6. The molecule has 1 aromatic heterocycles. The van der Waals surface area contributed by atoms with Crippen LogP contribution in [0.1, 0.15) is 10.4 Å². The van der Waals surface area contributed by atoms with Crippen molar-refractivity contribution in [3.63, 3.8) is 0 Å². The van der Waals surface area contributed by atoms with Crippen molar-refractivity contribution >= 4 is 40.8 Å². The van der Waals surface area contributed by atoms with Gasteiger partial charge in [0, 0.05) is 6.07 Å². The number of imide groups is 1. The first-order valence-corrected chi connectivity index (χ1v) is 8.64.